The highest BCUT2D eigenvalue weighted by Gasteiger charge is 2.41. The first kappa shape index (κ1) is 16.0. The molecule has 0 aliphatic heterocycles. The minimum absolute atomic E-state index is 0.147. The van der Waals surface area contributed by atoms with Gasteiger partial charge >= 0.3 is 0 Å². The maximum Gasteiger partial charge on any atom is 0.210 e. The van der Waals surface area contributed by atoms with E-state index in [1.807, 2.05) is 19.0 Å². The van der Waals surface area contributed by atoms with Gasteiger partial charge < -0.3 is 9.11 Å². The summed E-state index contributed by atoms with van der Waals surface area (Å²) in [5.74, 6) is 0. The second-order valence-electron chi connectivity index (χ2n) is 6.98. The summed E-state index contributed by atoms with van der Waals surface area (Å²) in [6.45, 7) is 6.37. The lowest BCUT2D eigenvalue weighted by atomic mass is 10.1. The van der Waals surface area contributed by atoms with Crippen LogP contribution in [0.5, 0.6) is 0 Å². The summed E-state index contributed by atoms with van der Waals surface area (Å²) in [6, 6.07) is 8.45. The predicted molar refractivity (Wildman–Crippen MR) is 88.2 cm³/mol. The third-order valence-corrected chi connectivity index (χ3v) is 9.36. The minimum Gasteiger partial charge on any atom is -0.369 e. The molecule has 0 N–H and O–H groups in total. The van der Waals surface area contributed by atoms with E-state index in [0.717, 1.165) is 12.8 Å². The molecule has 0 amide bonds. The summed E-state index contributed by atoms with van der Waals surface area (Å²) >= 11 is 0. The van der Waals surface area contributed by atoms with E-state index in [-0.39, 0.29) is 5.66 Å². The van der Waals surface area contributed by atoms with Gasteiger partial charge in [-0.05, 0) is 57.7 Å². The highest BCUT2D eigenvalue weighted by atomic mass is 31.2. The van der Waals surface area contributed by atoms with Gasteiger partial charge in [-0.3, -0.25) is 4.57 Å². The lowest BCUT2D eigenvalue weighted by Gasteiger charge is -2.32. The Labute approximate surface area is 123 Å². The van der Waals surface area contributed by atoms with Crippen LogP contribution in [0.3, 0.4) is 0 Å². The van der Waals surface area contributed by atoms with E-state index < -0.39 is 15.7 Å². The fraction of sp³-hybridized carbons (Fsp3) is 0.600. The standard InChI is InChI=1S/C15H26NO2PSi/c1-16(2)12-19(17,18-20(3,4)5)15-10-13-8-6-7-9-14(13)11-15/h6-9,15H,10-12H2,1-5H3. The molecule has 112 valence electrons. The lowest BCUT2D eigenvalue weighted by molar-refractivity contribution is 0.407. The molecule has 5 heteroatoms. The fourth-order valence-corrected chi connectivity index (χ4v) is 9.40. The van der Waals surface area contributed by atoms with E-state index >= 15 is 0 Å². The maximum atomic E-state index is 13.5. The van der Waals surface area contributed by atoms with E-state index in [1.54, 1.807) is 0 Å². The Bertz CT molecular complexity index is 500. The molecule has 0 heterocycles. The highest BCUT2D eigenvalue weighted by molar-refractivity contribution is 7.61. The minimum atomic E-state index is -2.64. The maximum absolute atomic E-state index is 13.5. The second-order valence-corrected chi connectivity index (χ2v) is 14.4. The van der Waals surface area contributed by atoms with Gasteiger partial charge in [0.2, 0.25) is 7.37 Å². The molecule has 2 rings (SSSR count). The van der Waals surface area contributed by atoms with Gasteiger partial charge in [0.05, 0.1) is 6.29 Å². The Balaban J connectivity index is 2.24. The number of hydrogen-bond acceptors (Lipinski definition) is 3. The molecule has 20 heavy (non-hydrogen) atoms. The predicted octanol–water partition coefficient (Wildman–Crippen LogP) is 3.80. The first-order valence-corrected chi connectivity index (χ1v) is 12.5. The van der Waals surface area contributed by atoms with Gasteiger partial charge in [-0.1, -0.05) is 24.3 Å². The van der Waals surface area contributed by atoms with Gasteiger partial charge in [0.25, 0.3) is 0 Å². The van der Waals surface area contributed by atoms with Gasteiger partial charge in [-0.15, -0.1) is 0 Å². The van der Waals surface area contributed by atoms with Gasteiger partial charge in [0.15, 0.2) is 8.32 Å². The molecule has 1 aromatic carbocycles. The number of fused-ring (bicyclic) bond motifs is 1. The van der Waals surface area contributed by atoms with Crippen LogP contribution < -0.4 is 0 Å². The Hall–Kier alpha value is -0.413. The molecular formula is C15H26NO2PSi. The SMILES string of the molecule is CN(C)CP(=O)(O[Si](C)(C)C)C1Cc2ccccc2C1. The van der Waals surface area contributed by atoms with E-state index in [2.05, 4.69) is 43.9 Å². The molecule has 1 atom stereocenters. The van der Waals surface area contributed by atoms with E-state index in [1.165, 1.54) is 11.1 Å². The Kier molecular flexibility index (Phi) is 4.60. The lowest BCUT2D eigenvalue weighted by Crippen LogP contribution is -2.31. The van der Waals surface area contributed by atoms with Crippen LogP contribution in [0.2, 0.25) is 19.6 Å². The largest absolute Gasteiger partial charge is 0.369 e. The molecular weight excluding hydrogens is 285 g/mol. The summed E-state index contributed by atoms with van der Waals surface area (Å²) < 4.78 is 19.7. The molecule has 1 aromatic rings. The number of nitrogens with zero attached hydrogens (tertiary/aromatic N) is 1. The van der Waals surface area contributed by atoms with Crippen LogP contribution >= 0.6 is 7.37 Å². The summed E-state index contributed by atoms with van der Waals surface area (Å²) in [5, 5.41) is 0. The quantitative estimate of drug-likeness (QED) is 0.612. The van der Waals surface area contributed by atoms with E-state index in [9.17, 15) is 4.57 Å². The highest BCUT2D eigenvalue weighted by Crippen LogP contribution is 2.57. The van der Waals surface area contributed by atoms with Crippen LogP contribution in [0.4, 0.5) is 0 Å². The van der Waals surface area contributed by atoms with Crippen LogP contribution in [0.25, 0.3) is 0 Å². The summed E-state index contributed by atoms with van der Waals surface area (Å²) in [5.41, 5.74) is 2.83. The van der Waals surface area contributed by atoms with Crippen molar-refractivity contribution in [3.63, 3.8) is 0 Å². The molecule has 0 radical (unpaired) electrons. The molecule has 0 spiro atoms. The Morgan fingerprint density at radius 3 is 2.10 bits per heavy atom. The topological polar surface area (TPSA) is 29.5 Å². The molecule has 3 nitrogen and oxygen atoms in total. The van der Waals surface area contributed by atoms with Crippen LogP contribution in [-0.2, 0) is 21.6 Å². The van der Waals surface area contributed by atoms with Crippen molar-refractivity contribution < 1.29 is 8.78 Å². The van der Waals surface area contributed by atoms with Gasteiger partial charge in [0, 0.05) is 5.66 Å². The molecule has 0 bridgehead atoms. The van der Waals surface area contributed by atoms with Gasteiger partial charge in [-0.25, -0.2) is 0 Å². The molecule has 0 fully saturated rings. The van der Waals surface area contributed by atoms with Crippen LogP contribution in [0.15, 0.2) is 24.3 Å². The van der Waals surface area contributed by atoms with Crippen LogP contribution in [-0.4, -0.2) is 39.3 Å². The Morgan fingerprint density at radius 1 is 1.20 bits per heavy atom. The summed E-state index contributed by atoms with van der Waals surface area (Å²) in [4.78, 5) is 2.00. The number of benzene rings is 1. The molecule has 1 unspecified atom stereocenters. The Morgan fingerprint density at radius 2 is 1.70 bits per heavy atom. The van der Waals surface area contributed by atoms with Crippen molar-refractivity contribution in [2.75, 3.05) is 20.4 Å². The summed E-state index contributed by atoms with van der Waals surface area (Å²) in [7, 11) is -0.511. The zero-order chi connectivity index (χ0) is 15.0. The average Bonchev–Trinajstić information content (AvgIpc) is 2.69. The second kappa shape index (κ2) is 5.76. The van der Waals surface area contributed by atoms with Crippen molar-refractivity contribution in [2.45, 2.75) is 38.1 Å². The normalized spacial score (nSPS) is 19.1. The van der Waals surface area contributed by atoms with Crippen LogP contribution in [0, 0.1) is 0 Å². The van der Waals surface area contributed by atoms with E-state index in [0.29, 0.717) is 6.29 Å². The first-order valence-electron chi connectivity index (χ1n) is 7.21. The zero-order valence-electron chi connectivity index (χ0n) is 13.2. The average molecular weight is 311 g/mol. The number of rotatable bonds is 5. The first-order chi connectivity index (χ1) is 9.20. The number of hydrogen-bond donors (Lipinski definition) is 0. The van der Waals surface area contributed by atoms with Crippen molar-refractivity contribution in [3.05, 3.63) is 35.4 Å². The smallest absolute Gasteiger partial charge is 0.210 e. The van der Waals surface area contributed by atoms with Crippen molar-refractivity contribution in [3.8, 4) is 0 Å². The van der Waals surface area contributed by atoms with Gasteiger partial charge in [0.1, 0.15) is 0 Å². The van der Waals surface area contributed by atoms with Crippen LogP contribution in [0.1, 0.15) is 11.1 Å². The van der Waals surface area contributed by atoms with E-state index in [4.69, 9.17) is 4.21 Å². The van der Waals surface area contributed by atoms with Crippen molar-refractivity contribution in [1.82, 2.24) is 4.90 Å². The third-order valence-electron chi connectivity index (χ3n) is 3.49. The van der Waals surface area contributed by atoms with Crippen molar-refractivity contribution in [1.29, 1.82) is 0 Å². The monoisotopic (exact) mass is 311 g/mol. The molecule has 0 saturated carbocycles. The van der Waals surface area contributed by atoms with Crippen molar-refractivity contribution in [2.24, 2.45) is 0 Å². The summed E-state index contributed by atoms with van der Waals surface area (Å²) in [6.07, 6.45) is 2.34. The molecule has 0 aromatic heterocycles. The molecule has 1 aliphatic rings. The van der Waals surface area contributed by atoms with Gasteiger partial charge in [-0.2, -0.15) is 0 Å². The fourth-order valence-electron chi connectivity index (χ4n) is 2.89. The molecule has 1 aliphatic carbocycles. The third kappa shape index (κ3) is 3.82. The zero-order valence-corrected chi connectivity index (χ0v) is 15.1. The van der Waals surface area contributed by atoms with Crippen molar-refractivity contribution >= 4 is 15.7 Å². The molecule has 0 saturated heterocycles.